The Morgan fingerprint density at radius 1 is 0.0657 bits per heavy atom. The predicted molar refractivity (Wildman–Crippen MR) is 1910 cm³/mol. The van der Waals surface area contributed by atoms with Crippen LogP contribution in [-0.2, 0) is 0 Å². The SMILES string of the molecule is I[I-]I(I)I(I)I(I)I(I)I(I)I(I)I(I)I(I)I(I)I(I)I(I)I(I)I(I)I(I)I(I)I(I)I(I)I(I)I(I)I(I)I(I)I(I)I(I)I(I)I(I)I(I)I(I)I(I)I(I)I(I)I(I)I(I)I(I)I(I)I(I)I(I)I(I)I(I)I(I)I(I)I(I)I(I)I(I)I(I)I(I)I(I)I(I)I(I)I(I)I(I)I(I)I(I)I(I)I(I)I(I)I(I)I(I)I(I)I(I)I(I)I(I)I(I)I(I)I(I)I(I)I(I)I(I)I. The van der Waals surface area contributed by atoms with Crippen LogP contribution in [0.5, 0.6) is 0 Å². The molecule has 0 aromatic carbocycles. The van der Waals surface area contributed by atoms with Gasteiger partial charge < -0.3 is 0 Å². The first kappa shape index (κ1) is 237. The Kier molecular flexibility index (Phi) is 247. The van der Waals surface area contributed by atoms with E-state index >= 15 is 0 Å². The fourth-order valence-electron chi connectivity index (χ4n) is 2.02. The first-order chi connectivity index (χ1) is 62.4. The Balaban J connectivity index is 6.00. The molecule has 960 valence electrons. The molecule has 0 atom stereocenters. The van der Waals surface area contributed by atoms with E-state index in [9.17, 15) is 0 Å². The van der Waals surface area contributed by atoms with Crippen molar-refractivity contribution in [2.24, 2.45) is 0 Å². The summed E-state index contributed by atoms with van der Waals surface area (Å²) in [4.78, 5) is 0. The molecule has 0 aliphatic heterocycles. The summed E-state index contributed by atoms with van der Waals surface area (Å²) in [5.74, 6) is 0. The van der Waals surface area contributed by atoms with Gasteiger partial charge in [0, 0.05) is 0 Å². The monoisotopic (exact) mass is 17400 g/mol. The molecule has 0 amide bonds. The van der Waals surface area contributed by atoms with Gasteiger partial charge in [-0.3, -0.25) is 0 Å². The van der Waals surface area contributed by atoms with Gasteiger partial charge in [0.2, 0.25) is 0 Å². The molecule has 0 radical (unpaired) electrons. The van der Waals surface area contributed by atoms with Crippen LogP contribution in [0.2, 0.25) is 0 Å². The minimum atomic E-state index is -0.686. The average molecular weight is 17400 g/mol. The van der Waals surface area contributed by atoms with Crippen molar-refractivity contribution in [1.82, 2.24) is 0 Å². The van der Waals surface area contributed by atoms with Crippen molar-refractivity contribution < 1.29 is 13.3 Å². The molecule has 0 aliphatic rings. The molecule has 0 aliphatic carbocycles. The van der Waals surface area contributed by atoms with Crippen molar-refractivity contribution in [3.05, 3.63) is 0 Å². The van der Waals surface area contributed by atoms with E-state index in [1.54, 1.807) is 0 Å². The molecular weight excluding hydrogens is 17400 g/mol. The third-order valence-corrected chi connectivity index (χ3v) is 11000. The Hall–Kier alpha value is 100. The number of hydrogen-bond acceptors (Lipinski definition) is 0. The van der Waals surface area contributed by atoms with Crippen molar-refractivity contribution in [2.45, 2.75) is 0 Å². The van der Waals surface area contributed by atoms with Crippen LogP contribution in [0.3, 0.4) is 0 Å². The van der Waals surface area contributed by atoms with Gasteiger partial charge in [-0.2, -0.15) is 0 Å². The summed E-state index contributed by atoms with van der Waals surface area (Å²) in [6, 6.07) is 0. The summed E-state index contributed by atoms with van der Waals surface area (Å²) in [6.07, 6.45) is 0. The number of rotatable bonds is 67. The van der Waals surface area contributed by atoms with Gasteiger partial charge >= 0.3 is 1830 Å². The van der Waals surface area contributed by atoms with Crippen LogP contribution in [0.4, 0.5) is 0 Å². The van der Waals surface area contributed by atoms with Crippen molar-refractivity contribution in [3.8, 4) is 0 Å². The van der Waals surface area contributed by atoms with Crippen LogP contribution in [0.1, 0.15) is 0 Å². The maximum atomic E-state index is 3.51. The van der Waals surface area contributed by atoms with Gasteiger partial charge in [0.25, 0.3) is 0 Å². The zero-order chi connectivity index (χ0) is 108. The van der Waals surface area contributed by atoms with Crippen LogP contribution >= 0.6 is 1810 Å². The fraction of sp³-hybridized carbons (Fsp3) is 0. The second kappa shape index (κ2) is 143. The number of hydrogen-bond donors (Lipinski definition) is 0. The fourth-order valence-corrected chi connectivity index (χ4v) is 27500. The van der Waals surface area contributed by atoms with E-state index in [1.807, 2.05) is 0 Å². The first-order valence-electron chi connectivity index (χ1n) is 19.4. The summed E-state index contributed by atoms with van der Waals surface area (Å²) >= 11 is 238. The third kappa shape index (κ3) is 96.5. The summed E-state index contributed by atoms with van der Waals surface area (Å²) in [7, 11) is -42.8. The standard InChI is InChI=1S/I137/c1-70-72(4)74(6)76(8)78(10)80(12)82(14)84(16)86(18)88(20)90(22)92(24)94(26)96(28)98(30)100(32)102(34)104(36)106(38)108(40)110(42)112(44)114(46)116(48)118(50)120(52)122(54)124(56)126(58)128(60)130(62)132(64)134(66)136(68)137(69)135(67)133(65)131(63)129(61)127(59)125(57)123(55)121(53)119(51)117(49)115(47)113(45)111(43)109(41)107(39)105(37)103(35)101(33)99(31)97(29)95(27)93(25)91(23)89(21)87(19)85(17)83(15)81(13)79(11)77(9)75(7)73(5)71(2)3/q-1. The van der Waals surface area contributed by atoms with Crippen LogP contribution < -0.4 is 13.3 Å². The Bertz CT molecular complexity index is 2840. The zero-order valence-electron chi connectivity index (χ0n) is 51.8. The van der Waals surface area contributed by atoms with E-state index < -0.39 is 529 Å². The van der Waals surface area contributed by atoms with Crippen molar-refractivity contribution >= 4 is 1810 Å². The molecule has 0 aromatic heterocycles. The van der Waals surface area contributed by atoms with Crippen molar-refractivity contribution in [1.29, 1.82) is 0 Å². The van der Waals surface area contributed by atoms with E-state index in [-0.39, 0.29) is 0 Å². The topological polar surface area (TPSA) is 0 Å². The maximum absolute atomic E-state index is 3.51. The van der Waals surface area contributed by atoms with Gasteiger partial charge in [-0.15, -0.1) is 0 Å². The minimum absolute atomic E-state index is 0.430. The molecular formula is I137-. The molecule has 0 saturated carbocycles. The molecule has 0 aromatic rings. The molecule has 0 unspecified atom stereocenters. The molecule has 0 heterocycles. The summed E-state index contributed by atoms with van der Waals surface area (Å²) in [5.41, 5.74) is 0. The Labute approximate surface area is 1710 Å². The molecule has 0 saturated heterocycles. The van der Waals surface area contributed by atoms with Gasteiger partial charge in [0.1, 0.15) is 0 Å². The molecule has 0 spiro atoms. The van der Waals surface area contributed by atoms with Crippen LogP contribution in [0.15, 0.2) is 0 Å². The predicted octanol–water partition coefficient (Wildman–Crippen LogP) is 117. The third-order valence-electron chi connectivity index (χ3n) is 5.43. The second-order valence-electron chi connectivity index (χ2n) is 10.9. The van der Waals surface area contributed by atoms with Gasteiger partial charge in [-0.25, -0.2) is 0 Å². The Morgan fingerprint density at radius 3 is 0.153 bits per heavy atom. The summed E-state index contributed by atoms with van der Waals surface area (Å²) in [5, 5.41) is 0. The molecule has 137 heteroatoms. The number of halogens is 137. The Morgan fingerprint density at radius 2 is 0.109 bits per heavy atom. The molecule has 0 rings (SSSR count). The molecule has 0 N–H and O–H groups in total. The normalized spacial score (nSPS) is 19.2. The van der Waals surface area contributed by atoms with Crippen molar-refractivity contribution in [3.63, 3.8) is 0 Å². The average Bonchev–Trinajstić information content (AvgIpc) is 0.823. The van der Waals surface area contributed by atoms with E-state index in [0.29, 0.717) is 13.3 Å². The molecule has 0 fully saturated rings. The van der Waals surface area contributed by atoms with Gasteiger partial charge in [-0.1, -0.05) is 0 Å². The quantitative estimate of drug-likeness (QED) is 0.0533. The van der Waals surface area contributed by atoms with Gasteiger partial charge in [0.15, 0.2) is 0 Å². The summed E-state index contributed by atoms with van der Waals surface area (Å²) < 4.78 is 0. The summed E-state index contributed by atoms with van der Waals surface area (Å²) in [6.45, 7) is 0. The molecule has 0 nitrogen and oxygen atoms in total. The van der Waals surface area contributed by atoms with Gasteiger partial charge in [0.05, 0.1) is 0 Å². The van der Waals surface area contributed by atoms with Gasteiger partial charge in [-0.05, 0) is 0 Å². The first-order valence-corrected chi connectivity index (χ1v) is 874. The van der Waals surface area contributed by atoms with Crippen LogP contribution in [0, 0.1) is 0 Å². The molecule has 137 heavy (non-hydrogen) atoms. The molecule has 0 bridgehead atoms. The van der Waals surface area contributed by atoms with E-state index in [2.05, 4.69) is 1280 Å². The van der Waals surface area contributed by atoms with E-state index in [1.165, 1.54) is 0 Å². The second-order valence-corrected chi connectivity index (χ2v) is 3290. The van der Waals surface area contributed by atoms with Crippen molar-refractivity contribution in [2.75, 3.05) is 0 Å². The van der Waals surface area contributed by atoms with E-state index in [0.717, 1.165) is 0 Å². The van der Waals surface area contributed by atoms with Crippen LogP contribution in [-0.4, -0.2) is 0 Å². The van der Waals surface area contributed by atoms with Crippen LogP contribution in [0.25, 0.3) is 0 Å². The van der Waals surface area contributed by atoms with E-state index in [4.69, 9.17) is 0 Å². The zero-order valence-corrected chi connectivity index (χ0v) is 347.